The molecule has 2 nitrogen and oxygen atoms in total. The number of aromatic nitrogens is 1. The van der Waals surface area contributed by atoms with Crippen molar-refractivity contribution >= 4 is 6.08 Å². The normalized spacial score (nSPS) is 13.4. The number of pyridine rings is 1. The lowest BCUT2D eigenvalue weighted by Crippen LogP contribution is -2.16. The van der Waals surface area contributed by atoms with Crippen molar-refractivity contribution in [1.82, 2.24) is 4.98 Å². The third kappa shape index (κ3) is 3.85. The molecule has 13 heavy (non-hydrogen) atoms. The Morgan fingerprint density at radius 3 is 3.08 bits per heavy atom. The predicted molar refractivity (Wildman–Crippen MR) is 56.2 cm³/mol. The Balaban J connectivity index is 2.41. The van der Waals surface area contributed by atoms with Crippen LogP contribution in [0.2, 0.25) is 0 Å². The van der Waals surface area contributed by atoms with Crippen molar-refractivity contribution in [2.24, 2.45) is 5.73 Å². The van der Waals surface area contributed by atoms with Crippen LogP contribution in [0.1, 0.15) is 25.3 Å². The van der Waals surface area contributed by atoms with E-state index in [1.165, 1.54) is 0 Å². The second-order valence-corrected chi connectivity index (χ2v) is 3.09. The van der Waals surface area contributed by atoms with E-state index in [0.717, 1.165) is 18.4 Å². The van der Waals surface area contributed by atoms with Gasteiger partial charge >= 0.3 is 0 Å². The van der Waals surface area contributed by atoms with Gasteiger partial charge in [0.25, 0.3) is 0 Å². The fourth-order valence-electron chi connectivity index (χ4n) is 1.02. The molecule has 1 rings (SSSR count). The molecule has 0 aliphatic heterocycles. The molecule has 1 atom stereocenters. The van der Waals surface area contributed by atoms with Crippen LogP contribution < -0.4 is 5.73 Å². The zero-order valence-electron chi connectivity index (χ0n) is 7.98. The number of nitrogens with zero attached hydrogens (tertiary/aromatic N) is 1. The molecular formula is C11H16N2. The van der Waals surface area contributed by atoms with Crippen molar-refractivity contribution in [3.8, 4) is 0 Å². The van der Waals surface area contributed by atoms with E-state index >= 15 is 0 Å². The third-order valence-corrected chi connectivity index (χ3v) is 1.96. The molecule has 2 heteroatoms. The first kappa shape index (κ1) is 9.93. The lowest BCUT2D eigenvalue weighted by molar-refractivity contribution is 0.660. The molecule has 0 aliphatic carbocycles. The van der Waals surface area contributed by atoms with Crippen LogP contribution in [-0.4, -0.2) is 11.0 Å². The summed E-state index contributed by atoms with van der Waals surface area (Å²) < 4.78 is 0. The molecule has 0 saturated heterocycles. The highest BCUT2D eigenvalue weighted by Crippen LogP contribution is 2.01. The van der Waals surface area contributed by atoms with Crippen molar-refractivity contribution in [2.75, 3.05) is 0 Å². The van der Waals surface area contributed by atoms with Crippen LogP contribution in [0.25, 0.3) is 6.08 Å². The van der Waals surface area contributed by atoms with Crippen LogP contribution in [0.4, 0.5) is 0 Å². The second kappa shape index (κ2) is 5.49. The molecule has 0 amide bonds. The fourth-order valence-corrected chi connectivity index (χ4v) is 1.02. The van der Waals surface area contributed by atoms with E-state index in [4.69, 9.17) is 5.73 Å². The summed E-state index contributed by atoms with van der Waals surface area (Å²) in [7, 11) is 0. The van der Waals surface area contributed by atoms with Crippen LogP contribution in [0, 0.1) is 0 Å². The monoisotopic (exact) mass is 176 g/mol. The first-order valence-corrected chi connectivity index (χ1v) is 4.65. The van der Waals surface area contributed by atoms with Crippen molar-refractivity contribution in [2.45, 2.75) is 25.8 Å². The van der Waals surface area contributed by atoms with E-state index in [-0.39, 0.29) is 6.04 Å². The molecular weight excluding hydrogens is 160 g/mol. The predicted octanol–water partition coefficient (Wildman–Crippen LogP) is 2.22. The Morgan fingerprint density at radius 1 is 1.62 bits per heavy atom. The average Bonchev–Trinajstić information content (AvgIpc) is 2.19. The summed E-state index contributed by atoms with van der Waals surface area (Å²) in [6.07, 6.45) is 9.74. The van der Waals surface area contributed by atoms with Gasteiger partial charge in [-0.15, -0.1) is 0 Å². The fraction of sp³-hybridized carbons (Fsp3) is 0.364. The zero-order chi connectivity index (χ0) is 9.52. The van der Waals surface area contributed by atoms with Gasteiger partial charge < -0.3 is 5.73 Å². The van der Waals surface area contributed by atoms with Gasteiger partial charge in [-0.1, -0.05) is 25.1 Å². The van der Waals surface area contributed by atoms with Gasteiger partial charge in [0.1, 0.15) is 0 Å². The topological polar surface area (TPSA) is 38.9 Å². The summed E-state index contributed by atoms with van der Waals surface area (Å²) in [5, 5.41) is 0. The summed E-state index contributed by atoms with van der Waals surface area (Å²) in [5.74, 6) is 0. The van der Waals surface area contributed by atoms with Crippen LogP contribution in [0.3, 0.4) is 0 Å². The van der Waals surface area contributed by atoms with Crippen LogP contribution in [0.15, 0.2) is 30.6 Å². The average molecular weight is 176 g/mol. The minimum absolute atomic E-state index is 0.285. The molecule has 0 saturated carbocycles. The number of rotatable bonds is 4. The Hall–Kier alpha value is -1.15. The summed E-state index contributed by atoms with van der Waals surface area (Å²) in [6.45, 7) is 2.10. The first-order chi connectivity index (χ1) is 6.33. The minimum atomic E-state index is 0.285. The van der Waals surface area contributed by atoms with E-state index in [1.54, 1.807) is 6.20 Å². The van der Waals surface area contributed by atoms with Gasteiger partial charge in [-0.3, -0.25) is 4.98 Å². The highest BCUT2D eigenvalue weighted by atomic mass is 14.6. The maximum Gasteiger partial charge on any atom is 0.0340 e. The summed E-state index contributed by atoms with van der Waals surface area (Å²) >= 11 is 0. The molecule has 0 fully saturated rings. The maximum atomic E-state index is 5.77. The molecule has 0 radical (unpaired) electrons. The molecule has 2 N–H and O–H groups in total. The van der Waals surface area contributed by atoms with Gasteiger partial charge in [-0.2, -0.15) is 0 Å². The van der Waals surface area contributed by atoms with Crippen LogP contribution in [0.5, 0.6) is 0 Å². The van der Waals surface area contributed by atoms with Crippen molar-refractivity contribution < 1.29 is 0 Å². The van der Waals surface area contributed by atoms with Gasteiger partial charge in [0.15, 0.2) is 0 Å². The number of hydrogen-bond donors (Lipinski definition) is 1. The largest absolute Gasteiger partial charge is 0.327 e. The lowest BCUT2D eigenvalue weighted by atomic mass is 10.1. The standard InChI is InChI=1S/C11H16N2/c1-2-11(12)7-3-5-10-6-4-8-13-9-10/h3-6,8-9,11H,2,7,12H2,1H3/b5-3+. The maximum absolute atomic E-state index is 5.77. The Labute approximate surface area is 79.5 Å². The van der Waals surface area contributed by atoms with Crippen molar-refractivity contribution in [3.05, 3.63) is 36.2 Å². The van der Waals surface area contributed by atoms with Gasteiger partial charge in [0, 0.05) is 18.4 Å². The molecule has 1 heterocycles. The number of hydrogen-bond acceptors (Lipinski definition) is 2. The van der Waals surface area contributed by atoms with E-state index < -0.39 is 0 Å². The molecule has 1 unspecified atom stereocenters. The van der Waals surface area contributed by atoms with Crippen LogP contribution >= 0.6 is 0 Å². The summed E-state index contributed by atoms with van der Waals surface area (Å²) in [5.41, 5.74) is 6.90. The first-order valence-electron chi connectivity index (χ1n) is 4.65. The molecule has 70 valence electrons. The summed E-state index contributed by atoms with van der Waals surface area (Å²) in [4.78, 5) is 4.02. The SMILES string of the molecule is CCC(N)C/C=C/c1cccnc1. The molecule has 0 bridgehead atoms. The van der Waals surface area contributed by atoms with Gasteiger partial charge in [0.2, 0.25) is 0 Å². The Morgan fingerprint density at radius 2 is 2.46 bits per heavy atom. The number of nitrogens with two attached hydrogens (primary N) is 1. The van der Waals surface area contributed by atoms with E-state index in [0.29, 0.717) is 0 Å². The molecule has 0 spiro atoms. The van der Waals surface area contributed by atoms with Gasteiger partial charge in [-0.05, 0) is 24.5 Å². The third-order valence-electron chi connectivity index (χ3n) is 1.96. The van der Waals surface area contributed by atoms with E-state index in [9.17, 15) is 0 Å². The molecule has 0 aromatic carbocycles. The summed E-state index contributed by atoms with van der Waals surface area (Å²) in [6, 6.07) is 4.24. The molecule has 1 aromatic rings. The zero-order valence-corrected chi connectivity index (χ0v) is 7.98. The molecule has 0 aliphatic rings. The second-order valence-electron chi connectivity index (χ2n) is 3.09. The highest BCUT2D eigenvalue weighted by Gasteiger charge is 1.93. The highest BCUT2D eigenvalue weighted by molar-refractivity contribution is 5.47. The van der Waals surface area contributed by atoms with Crippen LogP contribution in [-0.2, 0) is 0 Å². The quantitative estimate of drug-likeness (QED) is 0.764. The minimum Gasteiger partial charge on any atom is -0.327 e. The Kier molecular flexibility index (Phi) is 4.19. The smallest absolute Gasteiger partial charge is 0.0340 e. The lowest BCUT2D eigenvalue weighted by Gasteiger charge is -2.02. The van der Waals surface area contributed by atoms with E-state index in [2.05, 4.69) is 24.1 Å². The van der Waals surface area contributed by atoms with Crippen molar-refractivity contribution in [1.29, 1.82) is 0 Å². The van der Waals surface area contributed by atoms with Crippen molar-refractivity contribution in [3.63, 3.8) is 0 Å². The molecule has 1 aromatic heterocycles. The Bertz CT molecular complexity index is 254. The van der Waals surface area contributed by atoms with E-state index in [1.807, 2.05) is 18.3 Å². The van der Waals surface area contributed by atoms with Gasteiger partial charge in [-0.25, -0.2) is 0 Å². The van der Waals surface area contributed by atoms with Gasteiger partial charge in [0.05, 0.1) is 0 Å².